The molecule has 0 amide bonds. The van der Waals surface area contributed by atoms with E-state index >= 15 is 0 Å². The van der Waals surface area contributed by atoms with Crippen molar-refractivity contribution in [3.63, 3.8) is 0 Å². The molecular weight excluding hydrogens is 387 g/mol. The number of benzene rings is 3. The highest BCUT2D eigenvalue weighted by Crippen LogP contribution is 2.69. The summed E-state index contributed by atoms with van der Waals surface area (Å²) >= 11 is 0. The highest BCUT2D eigenvalue weighted by Gasteiger charge is 2.54. The van der Waals surface area contributed by atoms with Crippen LogP contribution < -0.4 is 9.47 Å². The first-order chi connectivity index (χ1) is 14.1. The van der Waals surface area contributed by atoms with Crippen LogP contribution in [0.4, 0.5) is 0 Å². The van der Waals surface area contributed by atoms with Crippen LogP contribution in [0.25, 0.3) is 0 Å². The number of rotatable bonds is 8. The molecule has 0 fully saturated rings. The summed E-state index contributed by atoms with van der Waals surface area (Å²) in [4.78, 5) is 0. The van der Waals surface area contributed by atoms with E-state index in [1.165, 1.54) is 14.2 Å². The lowest BCUT2D eigenvalue weighted by atomic mass is 9.84. The van der Waals surface area contributed by atoms with E-state index in [9.17, 15) is 4.57 Å². The van der Waals surface area contributed by atoms with Crippen LogP contribution in [0.2, 0.25) is 0 Å². The summed E-state index contributed by atoms with van der Waals surface area (Å²) in [5, 5.41) is -1.18. The Balaban J connectivity index is 2.42. The fraction of sp³-hybridized carbons (Fsp3) is 0.217. The molecule has 0 unspecified atom stereocenters. The zero-order valence-electron chi connectivity index (χ0n) is 17.0. The van der Waals surface area contributed by atoms with Crippen molar-refractivity contribution >= 4 is 7.60 Å². The Kier molecular flexibility index (Phi) is 6.43. The third-order valence-corrected chi connectivity index (χ3v) is 7.66. The van der Waals surface area contributed by atoms with Gasteiger partial charge in [0.25, 0.3) is 0 Å². The molecule has 0 aliphatic heterocycles. The maximum Gasteiger partial charge on any atom is 0.349 e. The van der Waals surface area contributed by atoms with Gasteiger partial charge in [-0.1, -0.05) is 54.6 Å². The van der Waals surface area contributed by atoms with Gasteiger partial charge in [-0.15, -0.1) is 0 Å². The molecule has 0 aliphatic carbocycles. The molecule has 0 heterocycles. The van der Waals surface area contributed by atoms with Crippen LogP contribution in [0.15, 0.2) is 78.9 Å². The van der Waals surface area contributed by atoms with Crippen LogP contribution in [0.3, 0.4) is 0 Å². The van der Waals surface area contributed by atoms with E-state index in [0.717, 1.165) is 16.7 Å². The van der Waals surface area contributed by atoms with E-state index in [1.807, 2.05) is 78.9 Å². The molecule has 0 N–H and O–H groups in total. The number of methoxy groups -OCH3 is 2. The van der Waals surface area contributed by atoms with Crippen LogP contribution in [0, 0.1) is 0 Å². The highest BCUT2D eigenvalue weighted by molar-refractivity contribution is 7.55. The minimum atomic E-state index is -3.72. The number of hydrogen-bond acceptors (Lipinski definition) is 5. The first kappa shape index (κ1) is 21.1. The average Bonchev–Trinajstić information content (AvgIpc) is 2.80. The third-order valence-electron chi connectivity index (χ3n) is 5.10. The summed E-state index contributed by atoms with van der Waals surface area (Å²) in [6.45, 7) is 0. The SMILES string of the molecule is COc1ccc(C(c2ccccc2)(c2ccc(OC)cc2)P(=O)(OC)OC)cc1. The summed E-state index contributed by atoms with van der Waals surface area (Å²) < 4.78 is 36.0. The predicted molar refractivity (Wildman–Crippen MR) is 114 cm³/mol. The predicted octanol–water partition coefficient (Wildman–Crippen LogP) is 5.48. The molecule has 0 atom stereocenters. The van der Waals surface area contributed by atoms with Gasteiger partial charge in [0.2, 0.25) is 0 Å². The quantitative estimate of drug-likeness (QED) is 0.362. The van der Waals surface area contributed by atoms with Crippen molar-refractivity contribution in [1.82, 2.24) is 0 Å². The second-order valence-corrected chi connectivity index (χ2v) is 8.79. The molecule has 3 rings (SSSR count). The van der Waals surface area contributed by atoms with Crippen molar-refractivity contribution in [3.05, 3.63) is 95.6 Å². The van der Waals surface area contributed by atoms with E-state index in [0.29, 0.717) is 11.5 Å². The first-order valence-electron chi connectivity index (χ1n) is 9.12. The van der Waals surface area contributed by atoms with Gasteiger partial charge >= 0.3 is 7.60 Å². The molecule has 0 radical (unpaired) electrons. The Hall–Kier alpha value is -2.59. The fourth-order valence-corrected chi connectivity index (χ4v) is 5.76. The van der Waals surface area contributed by atoms with Crippen LogP contribution in [-0.2, 0) is 18.8 Å². The Labute approximate surface area is 171 Å². The molecule has 3 aromatic rings. The lowest BCUT2D eigenvalue weighted by Gasteiger charge is -2.39. The lowest BCUT2D eigenvalue weighted by Crippen LogP contribution is -2.31. The number of hydrogen-bond donors (Lipinski definition) is 0. The van der Waals surface area contributed by atoms with Crippen LogP contribution in [-0.4, -0.2) is 28.4 Å². The topological polar surface area (TPSA) is 54.0 Å². The van der Waals surface area contributed by atoms with Crippen molar-refractivity contribution in [2.24, 2.45) is 0 Å². The average molecular weight is 412 g/mol. The maximum atomic E-state index is 14.2. The molecule has 152 valence electrons. The zero-order chi connectivity index (χ0) is 20.9. The summed E-state index contributed by atoms with van der Waals surface area (Å²) in [5.41, 5.74) is 2.32. The second-order valence-electron chi connectivity index (χ2n) is 6.40. The van der Waals surface area contributed by atoms with Gasteiger partial charge in [0.1, 0.15) is 16.7 Å². The molecule has 29 heavy (non-hydrogen) atoms. The number of ether oxygens (including phenoxy) is 2. The molecule has 0 spiro atoms. The van der Waals surface area contributed by atoms with Gasteiger partial charge in [-0.05, 0) is 41.0 Å². The molecule has 3 aromatic carbocycles. The third kappa shape index (κ3) is 3.58. The van der Waals surface area contributed by atoms with Crippen LogP contribution in [0.5, 0.6) is 11.5 Å². The van der Waals surface area contributed by atoms with Crippen molar-refractivity contribution in [1.29, 1.82) is 0 Å². The summed E-state index contributed by atoms with van der Waals surface area (Å²) in [7, 11) is 2.33. The van der Waals surface area contributed by atoms with E-state index in [1.54, 1.807) is 14.2 Å². The largest absolute Gasteiger partial charge is 0.497 e. The fourth-order valence-electron chi connectivity index (χ4n) is 3.67. The molecule has 6 heteroatoms. The molecule has 0 saturated heterocycles. The van der Waals surface area contributed by atoms with Crippen molar-refractivity contribution < 1.29 is 23.1 Å². The van der Waals surface area contributed by atoms with E-state index in [2.05, 4.69) is 0 Å². The van der Waals surface area contributed by atoms with E-state index < -0.39 is 12.8 Å². The molecule has 5 nitrogen and oxygen atoms in total. The van der Waals surface area contributed by atoms with Gasteiger partial charge in [0, 0.05) is 14.2 Å². The minimum absolute atomic E-state index is 0.704. The van der Waals surface area contributed by atoms with Crippen molar-refractivity contribution in [2.45, 2.75) is 5.16 Å². The summed E-state index contributed by atoms with van der Waals surface area (Å²) in [6, 6.07) is 24.5. The molecule has 0 aromatic heterocycles. The van der Waals surface area contributed by atoms with Gasteiger partial charge in [-0.25, -0.2) is 0 Å². The smallest absolute Gasteiger partial charge is 0.349 e. The summed E-state index contributed by atoms with van der Waals surface area (Å²) in [6.07, 6.45) is 0. The Bertz CT molecular complexity index is 913. The molecule has 0 aliphatic rings. The monoisotopic (exact) mass is 412 g/mol. The first-order valence-corrected chi connectivity index (χ1v) is 10.7. The van der Waals surface area contributed by atoms with Gasteiger partial charge in [0.15, 0.2) is 0 Å². The van der Waals surface area contributed by atoms with Crippen molar-refractivity contribution in [2.75, 3.05) is 28.4 Å². The maximum absolute atomic E-state index is 14.2. The molecule has 0 saturated carbocycles. The Morgan fingerprint density at radius 3 is 1.31 bits per heavy atom. The minimum Gasteiger partial charge on any atom is -0.497 e. The van der Waals surface area contributed by atoms with Gasteiger partial charge < -0.3 is 18.5 Å². The van der Waals surface area contributed by atoms with E-state index in [4.69, 9.17) is 18.5 Å². The van der Waals surface area contributed by atoms with E-state index in [-0.39, 0.29) is 0 Å². The van der Waals surface area contributed by atoms with Gasteiger partial charge in [-0.3, -0.25) is 4.57 Å². The molecule has 0 bridgehead atoms. The zero-order valence-corrected chi connectivity index (χ0v) is 17.9. The lowest BCUT2D eigenvalue weighted by molar-refractivity contribution is 0.259. The Morgan fingerprint density at radius 2 is 0.966 bits per heavy atom. The second kappa shape index (κ2) is 8.83. The highest BCUT2D eigenvalue weighted by atomic mass is 31.2. The van der Waals surface area contributed by atoms with Crippen molar-refractivity contribution in [3.8, 4) is 11.5 Å². The van der Waals surface area contributed by atoms with Gasteiger partial charge in [-0.2, -0.15) is 0 Å². The van der Waals surface area contributed by atoms with Crippen LogP contribution >= 0.6 is 7.60 Å². The standard InChI is InChI=1S/C23H25O5P/c1-25-21-14-10-19(11-15-21)23(29(24,27-3)28-4,18-8-6-5-7-9-18)20-12-16-22(26-2)17-13-20/h5-17H,1-4H3. The summed E-state index contributed by atoms with van der Waals surface area (Å²) in [5.74, 6) is 1.41. The Morgan fingerprint density at radius 1 is 0.586 bits per heavy atom. The van der Waals surface area contributed by atoms with Crippen LogP contribution in [0.1, 0.15) is 16.7 Å². The van der Waals surface area contributed by atoms with Gasteiger partial charge in [0.05, 0.1) is 14.2 Å². The normalized spacial score (nSPS) is 11.9. The molecular formula is C23H25O5P.